The molecule has 1 aromatic heterocycles. The smallest absolute Gasteiger partial charge is 0.119 e. The van der Waals surface area contributed by atoms with Crippen LogP contribution in [0, 0.1) is 0 Å². The van der Waals surface area contributed by atoms with E-state index in [4.69, 9.17) is 14.2 Å². The van der Waals surface area contributed by atoms with Crippen molar-refractivity contribution < 1.29 is 14.2 Å². The molecule has 0 radical (unpaired) electrons. The molecule has 2 heterocycles. The third kappa shape index (κ3) is 4.17. The molecule has 0 aliphatic carbocycles. The van der Waals surface area contributed by atoms with Gasteiger partial charge in [-0.3, -0.25) is 4.68 Å². The molecule has 27 heavy (non-hydrogen) atoms. The zero-order valence-electron chi connectivity index (χ0n) is 15.1. The number of fused-ring (bicyclic) bond motifs is 1. The molecule has 1 aliphatic heterocycles. The van der Waals surface area contributed by atoms with Crippen LogP contribution < -0.4 is 9.47 Å². The molecule has 5 nitrogen and oxygen atoms in total. The van der Waals surface area contributed by atoms with E-state index in [9.17, 15) is 0 Å². The highest BCUT2D eigenvalue weighted by molar-refractivity contribution is 9.10. The first-order valence-electron chi connectivity index (χ1n) is 8.86. The highest BCUT2D eigenvalue weighted by atomic mass is 79.9. The fraction of sp³-hybridized carbons (Fsp3) is 0.286. The quantitative estimate of drug-likeness (QED) is 0.583. The summed E-state index contributed by atoms with van der Waals surface area (Å²) in [6.07, 6.45) is 1.96. The number of ether oxygens (including phenoxy) is 3. The number of hydrogen-bond acceptors (Lipinski definition) is 4. The van der Waals surface area contributed by atoms with E-state index in [2.05, 4.69) is 33.2 Å². The molecule has 0 amide bonds. The largest absolute Gasteiger partial charge is 0.497 e. The fourth-order valence-corrected chi connectivity index (χ4v) is 3.48. The van der Waals surface area contributed by atoms with E-state index >= 15 is 0 Å². The van der Waals surface area contributed by atoms with Crippen molar-refractivity contribution in [3.05, 3.63) is 76.0 Å². The van der Waals surface area contributed by atoms with Gasteiger partial charge in [0, 0.05) is 16.0 Å². The van der Waals surface area contributed by atoms with Gasteiger partial charge in [0.25, 0.3) is 0 Å². The minimum atomic E-state index is 0.182. The number of nitrogens with zero attached hydrogens (tertiary/aromatic N) is 2. The lowest BCUT2D eigenvalue weighted by atomic mass is 9.99. The molecule has 1 unspecified atom stereocenters. The molecule has 2 aromatic carbocycles. The van der Waals surface area contributed by atoms with Crippen molar-refractivity contribution in [1.29, 1.82) is 0 Å². The van der Waals surface area contributed by atoms with Crippen molar-refractivity contribution in [3.8, 4) is 11.5 Å². The van der Waals surface area contributed by atoms with Crippen LogP contribution >= 0.6 is 15.9 Å². The lowest BCUT2D eigenvalue weighted by Gasteiger charge is -2.23. The van der Waals surface area contributed by atoms with Gasteiger partial charge in [-0.2, -0.15) is 5.10 Å². The molecule has 0 bridgehead atoms. The molecule has 1 aliphatic rings. The van der Waals surface area contributed by atoms with E-state index in [1.54, 1.807) is 7.11 Å². The summed E-state index contributed by atoms with van der Waals surface area (Å²) in [5.41, 5.74) is 3.52. The summed E-state index contributed by atoms with van der Waals surface area (Å²) < 4.78 is 20.1. The number of benzene rings is 2. The van der Waals surface area contributed by atoms with Gasteiger partial charge in [0.2, 0.25) is 0 Å². The van der Waals surface area contributed by atoms with Crippen molar-refractivity contribution >= 4 is 15.9 Å². The van der Waals surface area contributed by atoms with Gasteiger partial charge in [-0.1, -0.05) is 28.1 Å². The number of halogens is 1. The van der Waals surface area contributed by atoms with Crippen LogP contribution in [0.15, 0.2) is 59.2 Å². The van der Waals surface area contributed by atoms with Crippen LogP contribution in [-0.4, -0.2) is 30.1 Å². The second kappa shape index (κ2) is 8.15. The average Bonchev–Trinajstić information content (AvgIpc) is 3.12. The van der Waals surface area contributed by atoms with Gasteiger partial charge in [0.1, 0.15) is 11.5 Å². The third-order valence-electron chi connectivity index (χ3n) is 4.73. The molecule has 0 N–H and O–H groups in total. The predicted octanol–water partition coefficient (Wildman–Crippen LogP) is 4.40. The molecule has 0 saturated carbocycles. The Kier molecular flexibility index (Phi) is 5.45. The van der Waals surface area contributed by atoms with Crippen LogP contribution in [0.4, 0.5) is 0 Å². The molecule has 0 spiro atoms. The van der Waals surface area contributed by atoms with Crippen molar-refractivity contribution in [2.24, 2.45) is 0 Å². The molecule has 1 atom stereocenters. The average molecular weight is 429 g/mol. The van der Waals surface area contributed by atoms with Crippen molar-refractivity contribution in [2.75, 3.05) is 20.3 Å². The van der Waals surface area contributed by atoms with E-state index in [0.717, 1.165) is 21.7 Å². The van der Waals surface area contributed by atoms with E-state index in [1.807, 2.05) is 47.3 Å². The summed E-state index contributed by atoms with van der Waals surface area (Å²) in [5.74, 6) is 1.90. The van der Waals surface area contributed by atoms with Gasteiger partial charge < -0.3 is 14.2 Å². The first-order valence-corrected chi connectivity index (χ1v) is 9.66. The Labute approximate surface area is 167 Å². The molecule has 140 valence electrons. The highest BCUT2D eigenvalue weighted by Gasteiger charge is 2.25. The van der Waals surface area contributed by atoms with Gasteiger partial charge in [0.05, 0.1) is 45.4 Å². The Balaban J connectivity index is 1.46. The van der Waals surface area contributed by atoms with Gasteiger partial charge in [0.15, 0.2) is 0 Å². The first-order chi connectivity index (χ1) is 13.2. The zero-order valence-corrected chi connectivity index (χ0v) is 16.7. The maximum Gasteiger partial charge on any atom is 0.119 e. The van der Waals surface area contributed by atoms with Crippen LogP contribution in [0.2, 0.25) is 0 Å². The topological polar surface area (TPSA) is 45.5 Å². The summed E-state index contributed by atoms with van der Waals surface area (Å²) in [5, 5.41) is 4.60. The van der Waals surface area contributed by atoms with Crippen LogP contribution in [0.1, 0.15) is 22.7 Å². The molecule has 3 aromatic rings. The minimum absolute atomic E-state index is 0.182. The van der Waals surface area contributed by atoms with E-state index < -0.39 is 0 Å². The number of aromatic nitrogens is 2. The molecular formula is C21H21BrN2O3. The Bertz CT molecular complexity index is 891. The number of methoxy groups -OCH3 is 1. The Morgan fingerprint density at radius 1 is 1.11 bits per heavy atom. The van der Waals surface area contributed by atoms with Crippen molar-refractivity contribution in [3.63, 3.8) is 0 Å². The molecule has 6 heteroatoms. The summed E-state index contributed by atoms with van der Waals surface area (Å²) >= 11 is 3.44. The SMILES string of the molecule is COc1ccc(Cn2ncc3c2COCC3COc2ccc(Br)cc2)cc1. The van der Waals surface area contributed by atoms with Gasteiger partial charge >= 0.3 is 0 Å². The number of hydrogen-bond donors (Lipinski definition) is 0. The fourth-order valence-electron chi connectivity index (χ4n) is 3.22. The molecular weight excluding hydrogens is 408 g/mol. The minimum Gasteiger partial charge on any atom is -0.497 e. The Morgan fingerprint density at radius 3 is 2.59 bits per heavy atom. The normalized spacial score (nSPS) is 16.0. The van der Waals surface area contributed by atoms with E-state index in [-0.39, 0.29) is 5.92 Å². The lowest BCUT2D eigenvalue weighted by molar-refractivity contribution is 0.0714. The lowest BCUT2D eigenvalue weighted by Crippen LogP contribution is -2.23. The zero-order chi connectivity index (χ0) is 18.6. The first kappa shape index (κ1) is 18.1. The number of rotatable bonds is 6. The van der Waals surface area contributed by atoms with Gasteiger partial charge in [-0.25, -0.2) is 0 Å². The molecule has 0 saturated heterocycles. The summed E-state index contributed by atoms with van der Waals surface area (Å²) in [6, 6.07) is 15.9. The second-order valence-corrected chi connectivity index (χ2v) is 7.44. The summed E-state index contributed by atoms with van der Waals surface area (Å²) in [6.45, 7) is 2.52. The van der Waals surface area contributed by atoms with Crippen molar-refractivity contribution in [2.45, 2.75) is 19.1 Å². The highest BCUT2D eigenvalue weighted by Crippen LogP contribution is 2.28. The van der Waals surface area contributed by atoms with Gasteiger partial charge in [-0.05, 0) is 42.0 Å². The van der Waals surface area contributed by atoms with Crippen LogP contribution in [0.5, 0.6) is 11.5 Å². The van der Waals surface area contributed by atoms with E-state index in [0.29, 0.717) is 26.4 Å². The Morgan fingerprint density at radius 2 is 1.85 bits per heavy atom. The van der Waals surface area contributed by atoms with E-state index in [1.165, 1.54) is 11.1 Å². The van der Waals surface area contributed by atoms with Gasteiger partial charge in [-0.15, -0.1) is 0 Å². The van der Waals surface area contributed by atoms with Crippen LogP contribution in [-0.2, 0) is 17.9 Å². The molecule has 0 fully saturated rings. The third-order valence-corrected chi connectivity index (χ3v) is 5.26. The molecule has 4 rings (SSSR count). The van der Waals surface area contributed by atoms with Crippen LogP contribution in [0.25, 0.3) is 0 Å². The maximum atomic E-state index is 5.96. The standard InChI is InChI=1S/C21H21BrN2O3/c1-25-18-6-2-15(3-7-18)11-24-21-14-26-12-16(20(21)10-23-24)13-27-19-8-4-17(22)5-9-19/h2-10,16H,11-14H2,1H3. The summed E-state index contributed by atoms with van der Waals surface area (Å²) in [7, 11) is 1.67. The summed E-state index contributed by atoms with van der Waals surface area (Å²) in [4.78, 5) is 0. The predicted molar refractivity (Wildman–Crippen MR) is 106 cm³/mol. The second-order valence-electron chi connectivity index (χ2n) is 6.53. The Hall–Kier alpha value is -2.31. The maximum absolute atomic E-state index is 5.96. The van der Waals surface area contributed by atoms with Crippen LogP contribution in [0.3, 0.4) is 0 Å². The van der Waals surface area contributed by atoms with Crippen molar-refractivity contribution in [1.82, 2.24) is 9.78 Å². The monoisotopic (exact) mass is 428 g/mol.